The van der Waals surface area contributed by atoms with E-state index in [0.717, 1.165) is 11.3 Å². The van der Waals surface area contributed by atoms with Crippen molar-refractivity contribution in [3.8, 4) is 0 Å². The van der Waals surface area contributed by atoms with Gasteiger partial charge < -0.3 is 5.11 Å². The Labute approximate surface area is 87.6 Å². The van der Waals surface area contributed by atoms with Crippen LogP contribution in [0.15, 0.2) is 24.5 Å². The van der Waals surface area contributed by atoms with Gasteiger partial charge in [-0.2, -0.15) is 0 Å². The third-order valence-corrected chi connectivity index (χ3v) is 3.35. The number of aliphatic carboxylic acids is 1. The largest absolute Gasteiger partial charge is 0.480 e. The molecule has 0 aliphatic heterocycles. The van der Waals surface area contributed by atoms with E-state index in [1.807, 2.05) is 6.92 Å². The summed E-state index contributed by atoms with van der Waals surface area (Å²) in [6.07, 6.45) is 3.24. The van der Waals surface area contributed by atoms with Gasteiger partial charge in [0.1, 0.15) is 4.75 Å². The van der Waals surface area contributed by atoms with Crippen molar-refractivity contribution in [3.63, 3.8) is 0 Å². The lowest BCUT2D eigenvalue weighted by Crippen LogP contribution is -2.28. The highest BCUT2D eigenvalue weighted by atomic mass is 32.2. The summed E-state index contributed by atoms with van der Waals surface area (Å²) in [5.41, 5.74) is 0.784. The third-order valence-electron chi connectivity index (χ3n) is 2.07. The van der Waals surface area contributed by atoms with Crippen molar-refractivity contribution in [3.05, 3.63) is 30.1 Å². The first-order valence-corrected chi connectivity index (χ1v) is 5.37. The fraction of sp³-hybridized carbons (Fsp3) is 0.400. The molecule has 0 aliphatic carbocycles. The minimum absolute atomic E-state index is 0.769. The van der Waals surface area contributed by atoms with E-state index in [1.165, 1.54) is 11.8 Å². The molecule has 0 fully saturated rings. The molecular weight excluding hydrogens is 198 g/mol. The number of nitrogens with zero attached hydrogens (tertiary/aromatic N) is 1. The number of rotatable bonds is 4. The number of carbonyl (C=O) groups is 1. The first-order chi connectivity index (χ1) is 6.61. The van der Waals surface area contributed by atoms with Crippen LogP contribution in [0, 0.1) is 0 Å². The molecule has 14 heavy (non-hydrogen) atoms. The van der Waals surface area contributed by atoms with Crippen LogP contribution >= 0.6 is 11.8 Å². The van der Waals surface area contributed by atoms with Gasteiger partial charge in [-0.25, -0.2) is 0 Å². The summed E-state index contributed by atoms with van der Waals surface area (Å²) >= 11 is 1.41. The molecule has 1 rings (SSSR count). The van der Waals surface area contributed by atoms with Gasteiger partial charge >= 0.3 is 5.97 Å². The van der Waals surface area contributed by atoms with Crippen molar-refractivity contribution in [2.24, 2.45) is 0 Å². The maximum atomic E-state index is 11.2. The number of aromatic nitrogens is 1. The Morgan fingerprint density at radius 3 is 2.57 bits per heavy atom. The monoisotopic (exact) mass is 211 g/mol. The summed E-state index contributed by atoms with van der Waals surface area (Å²) in [4.78, 5) is 15.0. The van der Waals surface area contributed by atoms with Gasteiger partial charge in [0.05, 0.1) is 0 Å². The highest BCUT2D eigenvalue weighted by molar-refractivity contribution is 8.00. The van der Waals surface area contributed by atoms with E-state index in [-0.39, 0.29) is 0 Å². The van der Waals surface area contributed by atoms with Crippen LogP contribution in [0.3, 0.4) is 0 Å². The van der Waals surface area contributed by atoms with Gasteiger partial charge in [0.25, 0.3) is 0 Å². The molecule has 0 amide bonds. The van der Waals surface area contributed by atoms with Crippen LogP contribution in [0.4, 0.5) is 0 Å². The summed E-state index contributed by atoms with van der Waals surface area (Å²) in [6.45, 7) is 3.67. The zero-order chi connectivity index (χ0) is 10.6. The number of hydrogen-bond donors (Lipinski definition) is 1. The molecular formula is C10H13NO2S. The molecule has 1 atom stereocenters. The van der Waals surface area contributed by atoms with Gasteiger partial charge in [-0.15, -0.1) is 11.8 Å². The average Bonchev–Trinajstić information content (AvgIpc) is 2.19. The van der Waals surface area contributed by atoms with E-state index in [2.05, 4.69) is 4.98 Å². The summed E-state index contributed by atoms with van der Waals surface area (Å²) in [5.74, 6) is -0.0407. The minimum atomic E-state index is -0.863. The Balaban J connectivity index is 3.06. The number of thioether (sulfide) groups is 1. The first kappa shape index (κ1) is 11.0. The Bertz CT molecular complexity index is 315. The van der Waals surface area contributed by atoms with Crippen LogP contribution in [0.25, 0.3) is 0 Å². The molecule has 0 aromatic carbocycles. The maximum absolute atomic E-state index is 11.2. The molecule has 1 aromatic rings. The molecule has 4 heteroatoms. The Kier molecular flexibility index (Phi) is 3.52. The minimum Gasteiger partial charge on any atom is -0.480 e. The van der Waals surface area contributed by atoms with Crippen LogP contribution in [0.2, 0.25) is 0 Å². The molecule has 0 saturated carbocycles. The van der Waals surface area contributed by atoms with Gasteiger partial charge in [0.2, 0.25) is 0 Å². The Hall–Kier alpha value is -1.03. The van der Waals surface area contributed by atoms with E-state index in [1.54, 1.807) is 31.5 Å². The molecule has 0 spiro atoms. The molecule has 0 radical (unpaired) electrons. The molecule has 0 aliphatic rings. The van der Waals surface area contributed by atoms with Gasteiger partial charge in [-0.1, -0.05) is 6.92 Å². The van der Waals surface area contributed by atoms with Gasteiger partial charge in [0, 0.05) is 12.4 Å². The Morgan fingerprint density at radius 1 is 1.57 bits per heavy atom. The number of hydrogen-bond acceptors (Lipinski definition) is 3. The van der Waals surface area contributed by atoms with Crippen LogP contribution in [-0.2, 0) is 9.54 Å². The first-order valence-electron chi connectivity index (χ1n) is 4.39. The molecule has 1 N–H and O–H groups in total. The SMILES string of the molecule is CCSC(C)(C(=O)O)c1ccncc1. The summed E-state index contributed by atoms with van der Waals surface area (Å²) in [6, 6.07) is 3.49. The predicted molar refractivity (Wildman–Crippen MR) is 57.4 cm³/mol. The Morgan fingerprint density at radius 2 is 2.14 bits per heavy atom. The fourth-order valence-corrected chi connectivity index (χ4v) is 2.23. The highest BCUT2D eigenvalue weighted by Crippen LogP contribution is 2.35. The van der Waals surface area contributed by atoms with Crippen LogP contribution in [0.1, 0.15) is 19.4 Å². The molecule has 1 aromatic heterocycles. The zero-order valence-corrected chi connectivity index (χ0v) is 9.04. The second-order valence-electron chi connectivity index (χ2n) is 3.01. The summed E-state index contributed by atoms with van der Waals surface area (Å²) in [5, 5.41) is 9.18. The lowest BCUT2D eigenvalue weighted by Gasteiger charge is -2.23. The van der Waals surface area contributed by atoms with Crippen molar-refractivity contribution < 1.29 is 9.90 Å². The van der Waals surface area contributed by atoms with E-state index in [4.69, 9.17) is 0 Å². The maximum Gasteiger partial charge on any atom is 0.324 e. The lowest BCUT2D eigenvalue weighted by atomic mass is 10.0. The number of carboxylic acid groups (broad SMARTS) is 1. The molecule has 0 bridgehead atoms. The van der Waals surface area contributed by atoms with Gasteiger partial charge in [0.15, 0.2) is 0 Å². The van der Waals surface area contributed by atoms with Crippen LogP contribution in [-0.4, -0.2) is 21.8 Å². The smallest absolute Gasteiger partial charge is 0.324 e. The highest BCUT2D eigenvalue weighted by Gasteiger charge is 2.34. The lowest BCUT2D eigenvalue weighted by molar-refractivity contribution is -0.139. The van der Waals surface area contributed by atoms with Crippen molar-refractivity contribution in [2.45, 2.75) is 18.6 Å². The van der Waals surface area contributed by atoms with Gasteiger partial charge in [-0.3, -0.25) is 9.78 Å². The fourth-order valence-electron chi connectivity index (χ4n) is 1.23. The standard InChI is InChI=1S/C10H13NO2S/c1-3-14-10(2,9(12)13)8-4-6-11-7-5-8/h4-7H,3H2,1-2H3,(H,12,13). The predicted octanol–water partition coefficient (Wildman–Crippen LogP) is 2.13. The zero-order valence-electron chi connectivity index (χ0n) is 8.23. The van der Waals surface area contributed by atoms with E-state index < -0.39 is 10.7 Å². The second kappa shape index (κ2) is 4.46. The van der Waals surface area contributed by atoms with Crippen molar-refractivity contribution >= 4 is 17.7 Å². The van der Waals surface area contributed by atoms with E-state index in [0.29, 0.717) is 0 Å². The molecule has 1 unspecified atom stereocenters. The topological polar surface area (TPSA) is 50.2 Å². The van der Waals surface area contributed by atoms with E-state index >= 15 is 0 Å². The van der Waals surface area contributed by atoms with Crippen molar-refractivity contribution in [1.82, 2.24) is 4.98 Å². The summed E-state index contributed by atoms with van der Waals surface area (Å²) < 4.78 is -0.863. The molecule has 0 saturated heterocycles. The molecule has 3 nitrogen and oxygen atoms in total. The third kappa shape index (κ3) is 2.07. The van der Waals surface area contributed by atoms with E-state index in [9.17, 15) is 9.90 Å². The molecule has 1 heterocycles. The summed E-state index contributed by atoms with van der Waals surface area (Å²) in [7, 11) is 0. The van der Waals surface area contributed by atoms with Crippen LogP contribution in [0.5, 0.6) is 0 Å². The van der Waals surface area contributed by atoms with Gasteiger partial charge in [-0.05, 0) is 30.4 Å². The quantitative estimate of drug-likeness (QED) is 0.829. The molecule has 76 valence electrons. The average molecular weight is 211 g/mol. The number of pyridine rings is 1. The van der Waals surface area contributed by atoms with Crippen molar-refractivity contribution in [1.29, 1.82) is 0 Å². The van der Waals surface area contributed by atoms with Crippen molar-refractivity contribution in [2.75, 3.05) is 5.75 Å². The normalized spacial score (nSPS) is 14.7. The van der Waals surface area contributed by atoms with Crippen LogP contribution < -0.4 is 0 Å². The second-order valence-corrected chi connectivity index (χ2v) is 4.69. The number of carboxylic acids is 1.